The molecular formula is C7H14Cl2FN2O2P. The first-order chi connectivity index (χ1) is 7.12. The molecule has 2 atom stereocenters. The van der Waals surface area contributed by atoms with E-state index in [9.17, 15) is 8.96 Å². The van der Waals surface area contributed by atoms with Gasteiger partial charge in [0, 0.05) is 31.4 Å². The smallest absolute Gasteiger partial charge is 0.303 e. The lowest BCUT2D eigenvalue weighted by atomic mass is 10.4. The molecule has 90 valence electrons. The number of rotatable bonds is 5. The Hall–Kier alpha value is 0.620. The Morgan fingerprint density at radius 3 is 2.47 bits per heavy atom. The average molecular weight is 279 g/mol. The molecule has 1 N–H and O–H groups in total. The highest BCUT2D eigenvalue weighted by Gasteiger charge is 2.36. The topological polar surface area (TPSA) is 41.6 Å². The number of halogens is 3. The van der Waals surface area contributed by atoms with Crippen LogP contribution in [0.1, 0.15) is 0 Å². The number of alkyl halides is 3. The number of hydrogen-bond donors (Lipinski definition) is 1. The molecule has 1 aliphatic rings. The minimum atomic E-state index is -3.12. The minimum Gasteiger partial charge on any atom is -0.303 e. The van der Waals surface area contributed by atoms with Crippen LogP contribution in [0.15, 0.2) is 0 Å². The van der Waals surface area contributed by atoms with Gasteiger partial charge in [-0.2, -0.15) is 0 Å². The first-order valence-electron chi connectivity index (χ1n) is 4.63. The molecule has 4 nitrogen and oxygen atoms in total. The number of nitrogens with one attached hydrogen (secondary N) is 1. The highest BCUT2D eigenvalue weighted by atomic mass is 35.5. The summed E-state index contributed by atoms with van der Waals surface area (Å²) in [6.07, 6.45) is -1.11. The van der Waals surface area contributed by atoms with E-state index >= 15 is 0 Å². The average Bonchev–Trinajstić information content (AvgIpc) is 2.23. The van der Waals surface area contributed by atoms with Gasteiger partial charge in [-0.1, -0.05) is 0 Å². The van der Waals surface area contributed by atoms with Gasteiger partial charge in [-0.25, -0.2) is 14.1 Å². The Morgan fingerprint density at radius 2 is 2.07 bits per heavy atom. The maximum atomic E-state index is 12.8. The van der Waals surface area contributed by atoms with Crippen LogP contribution in [-0.2, 0) is 9.09 Å². The van der Waals surface area contributed by atoms with Gasteiger partial charge in [0.1, 0.15) is 6.17 Å². The van der Waals surface area contributed by atoms with E-state index in [0.29, 0.717) is 24.8 Å². The van der Waals surface area contributed by atoms with Gasteiger partial charge in [-0.15, -0.1) is 23.2 Å². The number of hydrogen-bond acceptors (Lipinski definition) is 2. The van der Waals surface area contributed by atoms with Gasteiger partial charge in [-0.05, 0) is 0 Å². The van der Waals surface area contributed by atoms with Crippen molar-refractivity contribution < 1.29 is 13.5 Å². The summed E-state index contributed by atoms with van der Waals surface area (Å²) in [5.74, 6) is 0.649. The molecule has 0 aromatic carbocycles. The Labute approximate surface area is 98.6 Å². The predicted octanol–water partition coefficient (Wildman–Crippen LogP) is 1.83. The Bertz CT molecular complexity index is 229. The van der Waals surface area contributed by atoms with E-state index in [4.69, 9.17) is 27.7 Å². The maximum Gasteiger partial charge on any atom is 0.343 e. The normalized spacial score (nSPS) is 32.1. The molecule has 0 aromatic rings. The molecule has 0 aromatic heterocycles. The third-order valence-electron chi connectivity index (χ3n) is 2.00. The van der Waals surface area contributed by atoms with Gasteiger partial charge < -0.3 is 4.52 Å². The molecule has 1 heterocycles. The van der Waals surface area contributed by atoms with Crippen molar-refractivity contribution in [2.75, 3.05) is 38.0 Å². The van der Waals surface area contributed by atoms with Crippen molar-refractivity contribution in [3.63, 3.8) is 0 Å². The fraction of sp³-hybridized carbons (Fsp3) is 1.00. The van der Waals surface area contributed by atoms with Crippen LogP contribution in [0, 0.1) is 0 Å². The first kappa shape index (κ1) is 13.7. The molecule has 0 spiro atoms. The largest absolute Gasteiger partial charge is 0.343 e. The highest BCUT2D eigenvalue weighted by molar-refractivity contribution is 7.54. The second-order valence-corrected chi connectivity index (χ2v) is 6.04. The SMILES string of the molecule is O=P1(N(CCCl)CCCl)NC[C@H](F)CO1. The zero-order valence-electron chi connectivity index (χ0n) is 8.16. The van der Waals surface area contributed by atoms with Crippen LogP contribution in [0.3, 0.4) is 0 Å². The third-order valence-corrected chi connectivity index (χ3v) is 4.56. The summed E-state index contributed by atoms with van der Waals surface area (Å²) in [6.45, 7) is 0.689. The van der Waals surface area contributed by atoms with Crippen molar-refractivity contribution in [1.82, 2.24) is 9.76 Å². The van der Waals surface area contributed by atoms with Crippen LogP contribution in [-0.4, -0.2) is 48.8 Å². The van der Waals surface area contributed by atoms with Crippen LogP contribution in [0.25, 0.3) is 0 Å². The molecule has 0 bridgehead atoms. The van der Waals surface area contributed by atoms with Gasteiger partial charge in [0.2, 0.25) is 0 Å². The van der Waals surface area contributed by atoms with Gasteiger partial charge in [0.05, 0.1) is 6.61 Å². The van der Waals surface area contributed by atoms with Crippen molar-refractivity contribution in [2.24, 2.45) is 0 Å². The molecule has 1 saturated heterocycles. The standard InChI is InChI=1S/C7H14Cl2FN2O2P/c8-1-3-12(4-2-9)15(13)11-5-7(10)6-14-15/h7H,1-6H2,(H,11,13)/t7-,15?/m0/s1. The van der Waals surface area contributed by atoms with E-state index in [2.05, 4.69) is 5.09 Å². The van der Waals surface area contributed by atoms with Crippen LogP contribution < -0.4 is 5.09 Å². The zero-order valence-corrected chi connectivity index (χ0v) is 10.6. The molecule has 0 aliphatic carbocycles. The lowest BCUT2D eigenvalue weighted by molar-refractivity contribution is 0.151. The molecule has 8 heteroatoms. The van der Waals surface area contributed by atoms with Crippen molar-refractivity contribution in [1.29, 1.82) is 0 Å². The third kappa shape index (κ3) is 3.84. The van der Waals surface area contributed by atoms with Crippen molar-refractivity contribution in [2.45, 2.75) is 6.17 Å². The van der Waals surface area contributed by atoms with E-state index in [1.54, 1.807) is 4.67 Å². The van der Waals surface area contributed by atoms with Crippen LogP contribution in [0.2, 0.25) is 0 Å². The van der Waals surface area contributed by atoms with Crippen LogP contribution >= 0.6 is 30.9 Å². The lowest BCUT2D eigenvalue weighted by Gasteiger charge is -2.34. The summed E-state index contributed by atoms with van der Waals surface area (Å²) in [7, 11) is -3.12. The molecule has 1 unspecified atom stereocenters. The van der Waals surface area contributed by atoms with Crippen molar-refractivity contribution >= 4 is 30.9 Å². The lowest BCUT2D eigenvalue weighted by Crippen LogP contribution is -2.40. The molecule has 1 fully saturated rings. The quantitative estimate of drug-likeness (QED) is 0.616. The van der Waals surface area contributed by atoms with E-state index in [-0.39, 0.29) is 13.2 Å². The molecule has 0 saturated carbocycles. The summed E-state index contributed by atoms with van der Waals surface area (Å²) in [5.41, 5.74) is 0. The van der Waals surface area contributed by atoms with Crippen molar-refractivity contribution in [3.8, 4) is 0 Å². The molecule has 1 rings (SSSR count). The summed E-state index contributed by atoms with van der Waals surface area (Å²) in [4.78, 5) is 0. The maximum absolute atomic E-state index is 12.8. The Kier molecular flexibility index (Phi) is 5.82. The molecule has 15 heavy (non-hydrogen) atoms. The molecule has 1 aliphatic heterocycles. The van der Waals surface area contributed by atoms with Crippen LogP contribution in [0.5, 0.6) is 0 Å². The molecule has 0 radical (unpaired) electrons. The van der Waals surface area contributed by atoms with E-state index in [1.165, 1.54) is 0 Å². The second kappa shape index (κ2) is 6.38. The Morgan fingerprint density at radius 1 is 1.47 bits per heavy atom. The van der Waals surface area contributed by atoms with E-state index in [0.717, 1.165) is 0 Å². The molecular weight excluding hydrogens is 265 g/mol. The fourth-order valence-electron chi connectivity index (χ4n) is 1.25. The Balaban J connectivity index is 2.60. The van der Waals surface area contributed by atoms with Gasteiger partial charge in [0.25, 0.3) is 0 Å². The van der Waals surface area contributed by atoms with E-state index < -0.39 is 13.8 Å². The summed E-state index contributed by atoms with van der Waals surface area (Å²) in [5, 5.41) is 2.58. The van der Waals surface area contributed by atoms with Gasteiger partial charge in [0.15, 0.2) is 0 Å². The van der Waals surface area contributed by atoms with Crippen LogP contribution in [0.4, 0.5) is 4.39 Å². The summed E-state index contributed by atoms with van der Waals surface area (Å²) >= 11 is 11.2. The zero-order chi connectivity index (χ0) is 11.3. The molecule has 0 amide bonds. The minimum absolute atomic E-state index is 0.0400. The monoisotopic (exact) mass is 278 g/mol. The predicted molar refractivity (Wildman–Crippen MR) is 59.5 cm³/mol. The van der Waals surface area contributed by atoms with E-state index in [1.807, 2.05) is 0 Å². The van der Waals surface area contributed by atoms with Crippen molar-refractivity contribution in [3.05, 3.63) is 0 Å². The summed E-state index contributed by atoms with van der Waals surface area (Å²) in [6, 6.07) is 0. The summed E-state index contributed by atoms with van der Waals surface area (Å²) < 4.78 is 31.5. The highest BCUT2D eigenvalue weighted by Crippen LogP contribution is 2.48. The van der Waals surface area contributed by atoms with Gasteiger partial charge >= 0.3 is 7.67 Å². The first-order valence-corrected chi connectivity index (χ1v) is 7.28. The second-order valence-electron chi connectivity index (χ2n) is 3.11. The van der Waals surface area contributed by atoms with Gasteiger partial charge in [-0.3, -0.25) is 4.57 Å². The number of nitrogens with zero attached hydrogens (tertiary/aromatic N) is 1. The fourth-order valence-corrected chi connectivity index (χ4v) is 3.87.